The van der Waals surface area contributed by atoms with Gasteiger partial charge >= 0.3 is 0 Å². The average molecular weight is 267 g/mol. The van der Waals surface area contributed by atoms with Crippen molar-refractivity contribution in [3.63, 3.8) is 0 Å². The second-order valence-electron chi connectivity index (χ2n) is 4.37. The molecule has 1 aromatic rings. The van der Waals surface area contributed by atoms with E-state index in [1.54, 1.807) is 4.90 Å². The highest BCUT2D eigenvalue weighted by molar-refractivity contribution is 6.29. The number of anilines is 1. The average Bonchev–Trinajstić information content (AvgIpc) is 2.36. The summed E-state index contributed by atoms with van der Waals surface area (Å²) in [6, 6.07) is 7.65. The van der Waals surface area contributed by atoms with Crippen molar-refractivity contribution in [2.75, 3.05) is 17.3 Å². The van der Waals surface area contributed by atoms with Crippen molar-refractivity contribution in [3.05, 3.63) is 29.8 Å². The number of nitrogens with one attached hydrogen (secondary N) is 1. The van der Waals surface area contributed by atoms with Crippen LogP contribution in [0.2, 0.25) is 0 Å². The third-order valence-electron chi connectivity index (χ3n) is 2.97. The zero-order chi connectivity index (χ0) is 13.1. The van der Waals surface area contributed by atoms with Crippen molar-refractivity contribution in [2.45, 2.75) is 19.4 Å². The summed E-state index contributed by atoms with van der Waals surface area (Å²) in [7, 11) is 0. The van der Waals surface area contributed by atoms with Crippen LogP contribution in [0.1, 0.15) is 12.5 Å². The molecule has 2 amide bonds. The molecule has 1 unspecified atom stereocenters. The highest BCUT2D eigenvalue weighted by Gasteiger charge is 2.27. The first-order chi connectivity index (χ1) is 8.61. The summed E-state index contributed by atoms with van der Waals surface area (Å²) >= 11 is 5.63. The number of rotatable bonds is 2. The monoisotopic (exact) mass is 266 g/mol. The van der Waals surface area contributed by atoms with Crippen LogP contribution in [0.25, 0.3) is 0 Å². The lowest BCUT2D eigenvalue weighted by molar-refractivity contribution is -0.120. The third-order valence-corrected chi connectivity index (χ3v) is 3.20. The van der Waals surface area contributed by atoms with E-state index >= 15 is 0 Å². The van der Waals surface area contributed by atoms with Gasteiger partial charge in [-0.25, -0.2) is 0 Å². The van der Waals surface area contributed by atoms with Crippen molar-refractivity contribution in [1.82, 2.24) is 5.32 Å². The Hall–Kier alpha value is -1.55. The minimum Gasteiger partial charge on any atom is -0.351 e. The summed E-state index contributed by atoms with van der Waals surface area (Å²) in [6.07, 6.45) is 0.738. The predicted octanol–water partition coefficient (Wildman–Crippen LogP) is 1.32. The number of halogens is 1. The van der Waals surface area contributed by atoms with Gasteiger partial charge in [-0.3, -0.25) is 9.59 Å². The van der Waals surface area contributed by atoms with Gasteiger partial charge in [0.2, 0.25) is 11.8 Å². The minimum absolute atomic E-state index is 0.0513. The quantitative estimate of drug-likeness (QED) is 0.821. The van der Waals surface area contributed by atoms with Crippen molar-refractivity contribution in [2.24, 2.45) is 0 Å². The van der Waals surface area contributed by atoms with Crippen molar-refractivity contribution < 1.29 is 9.59 Å². The fourth-order valence-corrected chi connectivity index (χ4v) is 2.43. The predicted molar refractivity (Wildman–Crippen MR) is 70.8 cm³/mol. The summed E-state index contributed by atoms with van der Waals surface area (Å²) in [5.41, 5.74) is 1.95. The lowest BCUT2D eigenvalue weighted by Gasteiger charge is -2.34. The number of para-hydroxylation sites is 1. The van der Waals surface area contributed by atoms with E-state index < -0.39 is 0 Å². The van der Waals surface area contributed by atoms with Gasteiger partial charge in [0, 0.05) is 19.2 Å². The Morgan fingerprint density at radius 3 is 2.83 bits per heavy atom. The number of carbonyl (C=O) groups is 2. The van der Waals surface area contributed by atoms with Crippen LogP contribution < -0.4 is 10.2 Å². The van der Waals surface area contributed by atoms with Crippen molar-refractivity contribution >= 4 is 29.1 Å². The molecule has 1 aromatic carbocycles. The first-order valence-electron chi connectivity index (χ1n) is 5.83. The fraction of sp³-hybridized carbons (Fsp3) is 0.385. The smallest absolute Gasteiger partial charge is 0.241 e. The number of nitrogens with zero attached hydrogens (tertiary/aromatic N) is 1. The molecule has 0 fully saturated rings. The van der Waals surface area contributed by atoms with Crippen molar-refractivity contribution in [1.29, 1.82) is 0 Å². The Balaban J connectivity index is 2.29. The SMILES string of the molecule is CC(=O)NC1Cc2ccccc2N(C(=O)CCl)C1. The van der Waals surface area contributed by atoms with Crippen LogP contribution >= 0.6 is 11.6 Å². The van der Waals surface area contributed by atoms with Gasteiger partial charge in [0.25, 0.3) is 0 Å². The zero-order valence-electron chi connectivity index (χ0n) is 10.1. The molecular weight excluding hydrogens is 252 g/mol. The molecule has 0 spiro atoms. The Bertz CT molecular complexity index is 476. The van der Waals surface area contributed by atoms with E-state index in [0.29, 0.717) is 6.54 Å². The number of fused-ring (bicyclic) bond motifs is 1. The molecule has 1 N–H and O–H groups in total. The summed E-state index contributed by atoms with van der Waals surface area (Å²) in [5, 5.41) is 2.86. The summed E-state index contributed by atoms with van der Waals surface area (Å²) in [6.45, 7) is 1.95. The number of benzene rings is 1. The van der Waals surface area contributed by atoms with Gasteiger partial charge in [-0.15, -0.1) is 11.6 Å². The van der Waals surface area contributed by atoms with Crippen LogP contribution in [0.15, 0.2) is 24.3 Å². The molecular formula is C13H15ClN2O2. The Labute approximate surface area is 111 Å². The molecule has 0 aromatic heterocycles. The molecule has 0 saturated carbocycles. The van der Waals surface area contributed by atoms with Crippen LogP contribution in [0.3, 0.4) is 0 Å². The highest BCUT2D eigenvalue weighted by Crippen LogP contribution is 2.27. The molecule has 0 saturated heterocycles. The Kier molecular flexibility index (Phi) is 3.87. The topological polar surface area (TPSA) is 49.4 Å². The van der Waals surface area contributed by atoms with E-state index in [0.717, 1.165) is 17.7 Å². The molecule has 2 rings (SSSR count). The Morgan fingerprint density at radius 2 is 2.17 bits per heavy atom. The maximum Gasteiger partial charge on any atom is 0.241 e. The maximum atomic E-state index is 11.8. The van der Waals surface area contributed by atoms with Gasteiger partial charge in [-0.1, -0.05) is 18.2 Å². The second-order valence-corrected chi connectivity index (χ2v) is 4.64. The van der Waals surface area contributed by atoms with Gasteiger partial charge in [0.15, 0.2) is 0 Å². The van der Waals surface area contributed by atoms with E-state index in [4.69, 9.17) is 11.6 Å². The molecule has 18 heavy (non-hydrogen) atoms. The number of hydrogen-bond donors (Lipinski definition) is 1. The number of alkyl halides is 1. The molecule has 0 radical (unpaired) electrons. The highest BCUT2D eigenvalue weighted by atomic mass is 35.5. The lowest BCUT2D eigenvalue weighted by Crippen LogP contribution is -2.50. The van der Waals surface area contributed by atoms with Crippen molar-refractivity contribution in [3.8, 4) is 0 Å². The maximum absolute atomic E-state index is 11.8. The molecule has 0 bridgehead atoms. The van der Waals surface area contributed by atoms with Crippen LogP contribution in [-0.4, -0.2) is 30.3 Å². The van der Waals surface area contributed by atoms with E-state index in [-0.39, 0.29) is 23.7 Å². The van der Waals surface area contributed by atoms with Crippen LogP contribution in [0.5, 0.6) is 0 Å². The number of amides is 2. The van der Waals surface area contributed by atoms with Gasteiger partial charge in [0.05, 0.1) is 6.04 Å². The van der Waals surface area contributed by atoms with Gasteiger partial charge in [-0.05, 0) is 18.1 Å². The zero-order valence-corrected chi connectivity index (χ0v) is 10.9. The van der Waals surface area contributed by atoms with Crippen LogP contribution in [0, 0.1) is 0 Å². The number of hydrogen-bond acceptors (Lipinski definition) is 2. The fourth-order valence-electron chi connectivity index (χ4n) is 2.29. The van der Waals surface area contributed by atoms with E-state index in [2.05, 4.69) is 5.32 Å². The molecule has 1 aliphatic heterocycles. The lowest BCUT2D eigenvalue weighted by atomic mass is 9.98. The molecule has 1 aliphatic rings. The summed E-state index contributed by atoms with van der Waals surface area (Å²) in [5.74, 6) is -0.280. The molecule has 0 aliphatic carbocycles. The van der Waals surface area contributed by atoms with E-state index in [9.17, 15) is 9.59 Å². The van der Waals surface area contributed by atoms with Gasteiger partial charge < -0.3 is 10.2 Å². The first kappa shape index (κ1) is 12.9. The molecule has 5 heteroatoms. The van der Waals surface area contributed by atoms with E-state index in [1.165, 1.54) is 6.92 Å². The standard InChI is InChI=1S/C13H15ClN2O2/c1-9(17)15-11-6-10-4-2-3-5-12(10)16(8-11)13(18)7-14/h2-5,11H,6-8H2,1H3,(H,15,17). The van der Waals surface area contributed by atoms with Crippen LogP contribution in [0.4, 0.5) is 5.69 Å². The molecule has 1 heterocycles. The summed E-state index contributed by atoms with van der Waals surface area (Å²) < 4.78 is 0. The normalized spacial score (nSPS) is 18.1. The second kappa shape index (κ2) is 5.40. The van der Waals surface area contributed by atoms with Gasteiger partial charge in [-0.2, -0.15) is 0 Å². The first-order valence-corrected chi connectivity index (χ1v) is 6.36. The third kappa shape index (κ3) is 2.64. The molecule has 96 valence electrons. The molecule has 1 atom stereocenters. The van der Waals surface area contributed by atoms with Gasteiger partial charge in [0.1, 0.15) is 5.88 Å². The summed E-state index contributed by atoms with van der Waals surface area (Å²) in [4.78, 5) is 24.6. The number of carbonyl (C=O) groups excluding carboxylic acids is 2. The van der Waals surface area contributed by atoms with Crippen LogP contribution in [-0.2, 0) is 16.0 Å². The Morgan fingerprint density at radius 1 is 1.44 bits per heavy atom. The largest absolute Gasteiger partial charge is 0.351 e. The van der Waals surface area contributed by atoms with E-state index in [1.807, 2.05) is 24.3 Å². The molecule has 4 nitrogen and oxygen atoms in total. The minimum atomic E-state index is -0.140.